The highest BCUT2D eigenvalue weighted by atomic mass is 35.5. The molecule has 28 heavy (non-hydrogen) atoms. The third-order valence-corrected chi connectivity index (χ3v) is 7.03. The largest absolute Gasteiger partial charge is 0.377 e. The van der Waals surface area contributed by atoms with Crippen LogP contribution in [-0.2, 0) is 14.9 Å². The van der Waals surface area contributed by atoms with Crippen LogP contribution < -0.4 is 4.18 Å². The van der Waals surface area contributed by atoms with E-state index >= 15 is 0 Å². The minimum Gasteiger partial charge on any atom is -0.377 e. The minimum atomic E-state index is -4.14. The molecule has 3 rings (SSSR count). The zero-order chi connectivity index (χ0) is 20.6. The Hall–Kier alpha value is -1.58. The van der Waals surface area contributed by atoms with E-state index in [2.05, 4.69) is 0 Å². The molecule has 0 aromatic heterocycles. The Bertz CT molecular complexity index is 1110. The van der Waals surface area contributed by atoms with E-state index in [0.29, 0.717) is 9.23 Å². The summed E-state index contributed by atoms with van der Waals surface area (Å²) in [7, 11) is -2.58. The molecule has 2 aromatic rings. The summed E-state index contributed by atoms with van der Waals surface area (Å²) in [5.41, 5.74) is 1.16. The molecule has 0 radical (unpaired) electrons. The Balaban J connectivity index is 2.06. The van der Waals surface area contributed by atoms with Gasteiger partial charge in [0.15, 0.2) is 5.75 Å². The molecule has 1 aliphatic rings. The van der Waals surface area contributed by atoms with Gasteiger partial charge >= 0.3 is 10.1 Å². The summed E-state index contributed by atoms with van der Waals surface area (Å²) in [5.74, 6) is -0.425. The van der Waals surface area contributed by atoms with Crippen LogP contribution in [0, 0.1) is 6.92 Å². The van der Waals surface area contributed by atoms with E-state index in [9.17, 15) is 13.2 Å². The molecule has 2 aromatic carbocycles. The summed E-state index contributed by atoms with van der Waals surface area (Å²) in [4.78, 5) is 13.9. The zero-order valence-electron chi connectivity index (χ0n) is 14.6. The number of carbonyl (C=O) groups is 1. The van der Waals surface area contributed by atoms with Crippen molar-refractivity contribution in [3.05, 3.63) is 62.5 Å². The van der Waals surface area contributed by atoms with Crippen LogP contribution in [0.4, 0.5) is 0 Å². The van der Waals surface area contributed by atoms with Crippen molar-refractivity contribution in [1.29, 1.82) is 0 Å². The fourth-order valence-electron chi connectivity index (χ4n) is 2.32. The number of benzene rings is 2. The number of thiocarbonyl (C=S) groups is 1. The number of hydrogen-bond donors (Lipinski definition) is 0. The smallest absolute Gasteiger partial charge is 0.339 e. The second-order valence-electron chi connectivity index (χ2n) is 5.90. The van der Waals surface area contributed by atoms with Crippen molar-refractivity contribution in [2.45, 2.75) is 11.8 Å². The van der Waals surface area contributed by atoms with Gasteiger partial charge in [-0.2, -0.15) is 8.42 Å². The lowest BCUT2D eigenvalue weighted by Crippen LogP contribution is -2.22. The quantitative estimate of drug-likeness (QED) is 0.357. The number of hydrogen-bond acceptors (Lipinski definition) is 6. The van der Waals surface area contributed by atoms with E-state index in [4.69, 9.17) is 39.6 Å². The third-order valence-electron chi connectivity index (χ3n) is 3.81. The van der Waals surface area contributed by atoms with Gasteiger partial charge in [0, 0.05) is 17.6 Å². The number of aryl methyl sites for hydroxylation is 1. The first-order chi connectivity index (χ1) is 13.1. The Kier molecular flexibility index (Phi) is 6.07. The highest BCUT2D eigenvalue weighted by Crippen LogP contribution is 2.39. The minimum absolute atomic E-state index is 0.00131. The molecule has 0 unspecified atom stereocenters. The summed E-state index contributed by atoms with van der Waals surface area (Å²) >= 11 is 18.5. The van der Waals surface area contributed by atoms with Crippen LogP contribution in [-0.4, -0.2) is 30.6 Å². The molecule has 0 saturated carbocycles. The molecule has 0 bridgehead atoms. The number of carbonyl (C=O) groups excluding carboxylic acids is 1. The first kappa shape index (κ1) is 21.1. The predicted molar refractivity (Wildman–Crippen MR) is 116 cm³/mol. The van der Waals surface area contributed by atoms with Gasteiger partial charge in [0.1, 0.15) is 9.22 Å². The van der Waals surface area contributed by atoms with E-state index in [1.807, 2.05) is 6.92 Å². The number of amides is 1. The molecule has 0 spiro atoms. The fraction of sp³-hybridized carbons (Fsp3) is 0.111. The van der Waals surface area contributed by atoms with Gasteiger partial charge in [0.05, 0.1) is 9.93 Å². The Morgan fingerprint density at radius 3 is 2.39 bits per heavy atom. The van der Waals surface area contributed by atoms with Crippen molar-refractivity contribution >= 4 is 73.6 Å². The van der Waals surface area contributed by atoms with Crippen molar-refractivity contribution in [3.63, 3.8) is 0 Å². The molecule has 10 heteroatoms. The van der Waals surface area contributed by atoms with Gasteiger partial charge in [-0.05, 0) is 37.3 Å². The highest BCUT2D eigenvalue weighted by molar-refractivity contribution is 8.26. The highest BCUT2D eigenvalue weighted by Gasteiger charge is 2.30. The van der Waals surface area contributed by atoms with E-state index in [1.165, 1.54) is 35.2 Å². The maximum absolute atomic E-state index is 12.7. The number of halogens is 2. The monoisotopic (exact) mass is 473 g/mol. The van der Waals surface area contributed by atoms with Crippen molar-refractivity contribution in [1.82, 2.24) is 4.90 Å². The van der Waals surface area contributed by atoms with Gasteiger partial charge < -0.3 is 4.18 Å². The molecule has 1 fully saturated rings. The van der Waals surface area contributed by atoms with E-state index in [-0.39, 0.29) is 32.2 Å². The number of rotatable bonds is 4. The summed E-state index contributed by atoms with van der Waals surface area (Å²) in [6, 6.07) is 9.04. The van der Waals surface area contributed by atoms with Crippen LogP contribution in [0.1, 0.15) is 11.1 Å². The van der Waals surface area contributed by atoms with E-state index in [1.54, 1.807) is 19.2 Å². The number of thioether (sulfide) groups is 1. The normalized spacial score (nSPS) is 16.1. The molecule has 1 heterocycles. The van der Waals surface area contributed by atoms with Crippen LogP contribution in [0.2, 0.25) is 10.0 Å². The maximum Gasteiger partial charge on any atom is 0.339 e. The van der Waals surface area contributed by atoms with Crippen molar-refractivity contribution in [2.24, 2.45) is 0 Å². The second-order valence-corrected chi connectivity index (χ2v) is 9.96. The summed E-state index contributed by atoms with van der Waals surface area (Å²) in [6.07, 6.45) is 1.46. The lowest BCUT2D eigenvalue weighted by Gasteiger charge is -2.12. The SMILES string of the molecule is Cc1ccc(S(=O)(=O)Oc2c(Cl)cc(Cl)cc2C=C2SC(=S)N(C)C2=O)cc1. The van der Waals surface area contributed by atoms with Crippen LogP contribution >= 0.6 is 47.2 Å². The molecular formula is C18H13Cl2NO4S3. The summed E-state index contributed by atoms with van der Waals surface area (Å²) in [5, 5.41) is 0.268. The molecule has 0 atom stereocenters. The van der Waals surface area contributed by atoms with Gasteiger partial charge in [-0.25, -0.2) is 0 Å². The van der Waals surface area contributed by atoms with Crippen LogP contribution in [0.5, 0.6) is 5.75 Å². The average molecular weight is 474 g/mol. The van der Waals surface area contributed by atoms with Gasteiger partial charge in [-0.3, -0.25) is 9.69 Å². The van der Waals surface area contributed by atoms with Gasteiger partial charge in [-0.1, -0.05) is 64.9 Å². The topological polar surface area (TPSA) is 63.7 Å². The summed E-state index contributed by atoms with van der Waals surface area (Å²) in [6.45, 7) is 1.84. The molecule has 146 valence electrons. The first-order valence-electron chi connectivity index (χ1n) is 7.80. The van der Waals surface area contributed by atoms with Crippen LogP contribution in [0.3, 0.4) is 0 Å². The average Bonchev–Trinajstić information content (AvgIpc) is 2.85. The lowest BCUT2D eigenvalue weighted by molar-refractivity contribution is -0.121. The molecule has 1 amide bonds. The van der Waals surface area contributed by atoms with E-state index in [0.717, 1.165) is 17.3 Å². The third kappa shape index (κ3) is 4.36. The molecule has 1 saturated heterocycles. The first-order valence-corrected chi connectivity index (χ1v) is 11.2. The van der Waals surface area contributed by atoms with Crippen LogP contribution in [0.25, 0.3) is 6.08 Å². The van der Waals surface area contributed by atoms with E-state index < -0.39 is 10.1 Å². The Morgan fingerprint density at radius 2 is 1.82 bits per heavy atom. The molecule has 5 nitrogen and oxygen atoms in total. The van der Waals surface area contributed by atoms with Crippen molar-refractivity contribution in [3.8, 4) is 5.75 Å². The molecule has 0 N–H and O–H groups in total. The standard InChI is InChI=1S/C18H13Cl2NO4S3/c1-10-3-5-13(6-4-10)28(23,24)25-16-11(7-12(19)9-14(16)20)8-15-17(22)21(2)18(26)27-15/h3-9H,1-2H3. The second kappa shape index (κ2) is 8.04. The molecule has 0 aliphatic carbocycles. The maximum atomic E-state index is 12.7. The van der Waals surface area contributed by atoms with Crippen LogP contribution in [0.15, 0.2) is 46.2 Å². The van der Waals surface area contributed by atoms with Gasteiger partial charge in [0.2, 0.25) is 0 Å². The Labute approximate surface area is 182 Å². The van der Waals surface area contributed by atoms with Gasteiger partial charge in [0.25, 0.3) is 5.91 Å². The zero-order valence-corrected chi connectivity index (χ0v) is 18.6. The number of nitrogens with zero attached hydrogens (tertiary/aromatic N) is 1. The predicted octanol–water partition coefficient (Wildman–Crippen LogP) is 4.90. The summed E-state index contributed by atoms with van der Waals surface area (Å²) < 4.78 is 31.0. The molecule has 1 aliphatic heterocycles. The lowest BCUT2D eigenvalue weighted by atomic mass is 10.2. The van der Waals surface area contributed by atoms with Crippen molar-refractivity contribution in [2.75, 3.05) is 7.05 Å². The fourth-order valence-corrected chi connectivity index (χ4v) is 5.06. The van der Waals surface area contributed by atoms with Gasteiger partial charge in [-0.15, -0.1) is 0 Å². The van der Waals surface area contributed by atoms with Crippen molar-refractivity contribution < 1.29 is 17.4 Å². The Morgan fingerprint density at radius 1 is 1.18 bits per heavy atom. The number of likely N-dealkylation sites (N-methyl/N-ethyl adjacent to an activating group) is 1. The molecular weight excluding hydrogens is 461 g/mol.